The molecule has 0 spiro atoms. The van der Waals surface area contributed by atoms with Gasteiger partial charge in [-0.15, -0.1) is 0 Å². The molecule has 1 fully saturated rings. The molecule has 7 nitrogen and oxygen atoms in total. The van der Waals surface area contributed by atoms with Crippen molar-refractivity contribution in [3.05, 3.63) is 34.4 Å². The highest BCUT2D eigenvalue weighted by molar-refractivity contribution is 7.89. The molecule has 0 radical (unpaired) electrons. The maximum Gasteiger partial charge on any atom is 0.289 e. The number of nitro benzene ring substituents is 1. The molecule has 2 N–H and O–H groups in total. The predicted octanol–water partition coefficient (Wildman–Crippen LogP) is 1.10. The van der Waals surface area contributed by atoms with Crippen molar-refractivity contribution >= 4 is 15.7 Å². The first-order chi connectivity index (χ1) is 9.48. The Balaban J connectivity index is 2.47. The minimum absolute atomic E-state index is 0.222. The Labute approximate surface area is 117 Å². The number of rotatable bonds is 4. The molecule has 110 valence electrons. The van der Waals surface area contributed by atoms with Crippen molar-refractivity contribution in [1.82, 2.24) is 4.31 Å². The Bertz CT molecular complexity index is 602. The van der Waals surface area contributed by atoms with Crippen LogP contribution in [-0.4, -0.2) is 36.8 Å². The molecular formula is C12H17N3O4S. The lowest BCUT2D eigenvalue weighted by molar-refractivity contribution is -0.387. The van der Waals surface area contributed by atoms with E-state index in [1.807, 2.05) is 0 Å². The van der Waals surface area contributed by atoms with Gasteiger partial charge in [-0.1, -0.05) is 18.6 Å². The molecule has 0 aliphatic carbocycles. The van der Waals surface area contributed by atoms with Crippen LogP contribution in [0.3, 0.4) is 0 Å². The summed E-state index contributed by atoms with van der Waals surface area (Å²) >= 11 is 0. The second-order valence-electron chi connectivity index (χ2n) is 4.73. The van der Waals surface area contributed by atoms with Crippen LogP contribution in [0, 0.1) is 10.1 Å². The Morgan fingerprint density at radius 3 is 2.70 bits per heavy atom. The summed E-state index contributed by atoms with van der Waals surface area (Å²) in [6, 6.07) is 5.13. The zero-order chi connectivity index (χ0) is 14.8. The van der Waals surface area contributed by atoms with Crippen LogP contribution in [0.15, 0.2) is 29.2 Å². The fourth-order valence-electron chi connectivity index (χ4n) is 2.48. The third-order valence-corrected chi connectivity index (χ3v) is 5.49. The summed E-state index contributed by atoms with van der Waals surface area (Å²) in [5.41, 5.74) is 5.23. The first kappa shape index (κ1) is 14.9. The zero-order valence-corrected chi connectivity index (χ0v) is 11.8. The van der Waals surface area contributed by atoms with Crippen LogP contribution in [0.25, 0.3) is 0 Å². The fraction of sp³-hybridized carbons (Fsp3) is 0.500. The van der Waals surface area contributed by atoms with E-state index in [4.69, 9.17) is 5.73 Å². The first-order valence-electron chi connectivity index (χ1n) is 6.44. The molecule has 0 amide bonds. The van der Waals surface area contributed by atoms with Crippen LogP contribution in [0.5, 0.6) is 0 Å². The van der Waals surface area contributed by atoms with E-state index in [0.717, 1.165) is 12.8 Å². The highest BCUT2D eigenvalue weighted by Gasteiger charge is 2.36. The van der Waals surface area contributed by atoms with Gasteiger partial charge in [-0.3, -0.25) is 10.1 Å². The zero-order valence-electron chi connectivity index (χ0n) is 10.9. The third-order valence-electron chi connectivity index (χ3n) is 3.49. The maximum atomic E-state index is 12.6. The van der Waals surface area contributed by atoms with E-state index in [0.29, 0.717) is 13.0 Å². The van der Waals surface area contributed by atoms with Gasteiger partial charge >= 0.3 is 0 Å². The smallest absolute Gasteiger partial charge is 0.289 e. The Morgan fingerprint density at radius 1 is 1.35 bits per heavy atom. The van der Waals surface area contributed by atoms with Gasteiger partial charge in [0.25, 0.3) is 5.69 Å². The van der Waals surface area contributed by atoms with Crippen LogP contribution in [0.1, 0.15) is 19.3 Å². The summed E-state index contributed by atoms with van der Waals surface area (Å²) < 4.78 is 26.6. The first-order valence-corrected chi connectivity index (χ1v) is 7.88. The summed E-state index contributed by atoms with van der Waals surface area (Å²) in [4.78, 5) is 10.1. The van der Waals surface area contributed by atoms with Gasteiger partial charge in [-0.25, -0.2) is 8.42 Å². The molecule has 1 aromatic carbocycles. The van der Waals surface area contributed by atoms with E-state index in [2.05, 4.69) is 0 Å². The number of para-hydroxylation sites is 1. The molecular weight excluding hydrogens is 282 g/mol. The van der Waals surface area contributed by atoms with Gasteiger partial charge in [0.1, 0.15) is 0 Å². The second-order valence-corrected chi connectivity index (χ2v) is 6.58. The summed E-state index contributed by atoms with van der Waals surface area (Å²) in [7, 11) is -3.89. The molecule has 20 heavy (non-hydrogen) atoms. The molecule has 1 unspecified atom stereocenters. The number of nitrogens with two attached hydrogens (primary N) is 1. The average Bonchev–Trinajstić information content (AvgIpc) is 2.47. The topological polar surface area (TPSA) is 107 Å². The lowest BCUT2D eigenvalue weighted by Gasteiger charge is -2.33. The Hall–Kier alpha value is -1.51. The Morgan fingerprint density at radius 2 is 2.05 bits per heavy atom. The van der Waals surface area contributed by atoms with Gasteiger partial charge in [0.2, 0.25) is 10.0 Å². The van der Waals surface area contributed by atoms with Crippen LogP contribution in [0.4, 0.5) is 5.69 Å². The van der Waals surface area contributed by atoms with Gasteiger partial charge in [0, 0.05) is 25.2 Å². The van der Waals surface area contributed by atoms with Gasteiger partial charge in [0.15, 0.2) is 4.90 Å². The lowest BCUT2D eigenvalue weighted by Crippen LogP contribution is -2.47. The Kier molecular flexibility index (Phi) is 4.36. The molecule has 1 heterocycles. The minimum Gasteiger partial charge on any atom is -0.329 e. The van der Waals surface area contributed by atoms with Crippen molar-refractivity contribution < 1.29 is 13.3 Å². The largest absolute Gasteiger partial charge is 0.329 e. The predicted molar refractivity (Wildman–Crippen MR) is 73.7 cm³/mol. The molecule has 8 heteroatoms. The maximum absolute atomic E-state index is 12.6. The van der Waals surface area contributed by atoms with E-state index >= 15 is 0 Å². The molecule has 0 aromatic heterocycles. The second kappa shape index (κ2) is 5.86. The number of sulfonamides is 1. The van der Waals surface area contributed by atoms with E-state index < -0.39 is 20.6 Å². The van der Waals surface area contributed by atoms with Crippen molar-refractivity contribution in [2.24, 2.45) is 5.73 Å². The van der Waals surface area contributed by atoms with E-state index in [1.54, 1.807) is 0 Å². The molecule has 0 saturated carbocycles. The fourth-order valence-corrected chi connectivity index (χ4v) is 4.34. The minimum atomic E-state index is -3.89. The lowest BCUT2D eigenvalue weighted by atomic mass is 10.1. The van der Waals surface area contributed by atoms with Crippen LogP contribution in [-0.2, 0) is 10.0 Å². The monoisotopic (exact) mass is 299 g/mol. The van der Waals surface area contributed by atoms with E-state index in [1.165, 1.54) is 28.6 Å². The molecule has 1 aliphatic rings. The molecule has 1 aromatic rings. The van der Waals surface area contributed by atoms with Crippen LogP contribution >= 0.6 is 0 Å². The quantitative estimate of drug-likeness (QED) is 0.661. The molecule has 1 aliphatic heterocycles. The summed E-state index contributed by atoms with van der Waals surface area (Å²) in [6.45, 7) is 0.579. The molecule has 1 atom stereocenters. The van der Waals surface area contributed by atoms with E-state index in [-0.39, 0.29) is 17.5 Å². The number of benzene rings is 1. The highest BCUT2D eigenvalue weighted by Crippen LogP contribution is 2.30. The number of nitro groups is 1. The number of piperidine rings is 1. The van der Waals surface area contributed by atoms with Gasteiger partial charge in [0.05, 0.1) is 4.92 Å². The highest BCUT2D eigenvalue weighted by atomic mass is 32.2. The SMILES string of the molecule is NCC1CCCCN1S(=O)(=O)c1ccccc1[N+](=O)[O-]. The van der Waals surface area contributed by atoms with Gasteiger partial charge in [-0.2, -0.15) is 4.31 Å². The standard InChI is InChI=1S/C12H17N3O4S/c13-9-10-5-3-4-8-14(10)20(18,19)12-7-2-1-6-11(12)15(16)17/h1-2,6-7,10H,3-5,8-9,13H2. The van der Waals surface area contributed by atoms with E-state index in [9.17, 15) is 18.5 Å². The summed E-state index contributed by atoms with van der Waals surface area (Å²) in [6.07, 6.45) is 2.36. The summed E-state index contributed by atoms with van der Waals surface area (Å²) in [5, 5.41) is 11.0. The average molecular weight is 299 g/mol. The third kappa shape index (κ3) is 2.67. The number of hydrogen-bond acceptors (Lipinski definition) is 5. The van der Waals surface area contributed by atoms with Crippen molar-refractivity contribution in [2.75, 3.05) is 13.1 Å². The van der Waals surface area contributed by atoms with Crippen LogP contribution < -0.4 is 5.73 Å². The summed E-state index contributed by atoms with van der Waals surface area (Å²) in [5.74, 6) is 0. The normalized spacial score (nSPS) is 20.8. The van der Waals surface area contributed by atoms with Crippen molar-refractivity contribution in [2.45, 2.75) is 30.2 Å². The van der Waals surface area contributed by atoms with Crippen molar-refractivity contribution in [3.8, 4) is 0 Å². The molecule has 1 saturated heterocycles. The molecule has 0 bridgehead atoms. The molecule has 2 rings (SSSR count). The van der Waals surface area contributed by atoms with Crippen molar-refractivity contribution in [1.29, 1.82) is 0 Å². The number of nitrogens with zero attached hydrogens (tertiary/aromatic N) is 2. The van der Waals surface area contributed by atoms with Gasteiger partial charge < -0.3 is 5.73 Å². The van der Waals surface area contributed by atoms with Crippen molar-refractivity contribution in [3.63, 3.8) is 0 Å². The number of hydrogen-bond donors (Lipinski definition) is 1. The van der Waals surface area contributed by atoms with Crippen LogP contribution in [0.2, 0.25) is 0 Å². The van der Waals surface area contributed by atoms with Gasteiger partial charge in [-0.05, 0) is 18.9 Å².